The molecule has 1 aliphatic rings. The van der Waals surface area contributed by atoms with Crippen LogP contribution in [0.3, 0.4) is 0 Å². The highest BCUT2D eigenvalue weighted by atomic mass is 35.5. The van der Waals surface area contributed by atoms with Gasteiger partial charge in [-0.3, -0.25) is 4.99 Å². The number of hydrogen-bond acceptors (Lipinski definition) is 3. The smallest absolute Gasteiger partial charge is 0.141 e. The molecule has 28 heavy (non-hydrogen) atoms. The highest BCUT2D eigenvalue weighted by molar-refractivity contribution is 6.31. The number of benzene rings is 2. The van der Waals surface area contributed by atoms with Crippen molar-refractivity contribution in [1.29, 1.82) is 0 Å². The van der Waals surface area contributed by atoms with E-state index in [1.807, 2.05) is 0 Å². The maximum Gasteiger partial charge on any atom is 0.141 e. The molecule has 0 N–H and O–H groups in total. The summed E-state index contributed by atoms with van der Waals surface area (Å²) in [5.41, 5.74) is 4.17. The first-order valence-corrected chi connectivity index (χ1v) is 10.1. The Kier molecular flexibility index (Phi) is 5.99. The molecule has 1 unspecified atom stereocenters. The Bertz CT molecular complexity index is 894. The number of nitrogens with zero attached hydrogens (tertiary/aromatic N) is 2. The summed E-state index contributed by atoms with van der Waals surface area (Å²) in [6.45, 7) is 10.1. The first-order valence-electron chi connectivity index (χ1n) is 9.75. The number of fused-ring (bicyclic) bond motifs is 1. The Hall–Kier alpha value is -2.07. The molecule has 0 saturated carbocycles. The van der Waals surface area contributed by atoms with E-state index in [1.165, 1.54) is 23.4 Å². The van der Waals surface area contributed by atoms with Gasteiger partial charge < -0.3 is 9.64 Å². The molecule has 3 nitrogen and oxygen atoms in total. The van der Waals surface area contributed by atoms with Crippen LogP contribution in [-0.4, -0.2) is 25.4 Å². The number of aliphatic imine (C=N–C) groups is 1. The highest BCUT2D eigenvalue weighted by Crippen LogP contribution is 2.45. The fourth-order valence-electron chi connectivity index (χ4n) is 4.16. The van der Waals surface area contributed by atoms with Crippen LogP contribution in [0, 0.1) is 5.82 Å². The van der Waals surface area contributed by atoms with E-state index in [4.69, 9.17) is 16.3 Å². The summed E-state index contributed by atoms with van der Waals surface area (Å²) >= 11 is 5.86. The van der Waals surface area contributed by atoms with E-state index in [1.54, 1.807) is 19.4 Å². The summed E-state index contributed by atoms with van der Waals surface area (Å²) in [7, 11) is 1.68. The van der Waals surface area contributed by atoms with Gasteiger partial charge in [-0.05, 0) is 62.4 Å². The molecule has 0 aliphatic carbocycles. The van der Waals surface area contributed by atoms with Gasteiger partial charge >= 0.3 is 0 Å². The Morgan fingerprint density at radius 1 is 1.32 bits per heavy atom. The van der Waals surface area contributed by atoms with E-state index in [0.29, 0.717) is 11.6 Å². The van der Waals surface area contributed by atoms with Gasteiger partial charge in [-0.25, -0.2) is 4.39 Å². The first-order chi connectivity index (χ1) is 13.3. The van der Waals surface area contributed by atoms with Crippen molar-refractivity contribution in [2.24, 2.45) is 4.99 Å². The third-order valence-corrected chi connectivity index (χ3v) is 5.73. The molecule has 0 amide bonds. The van der Waals surface area contributed by atoms with Gasteiger partial charge in [0, 0.05) is 35.6 Å². The molecule has 5 heteroatoms. The molecule has 150 valence electrons. The number of ether oxygens (including phenoxy) is 1. The van der Waals surface area contributed by atoms with Crippen LogP contribution in [0.15, 0.2) is 35.3 Å². The number of hydrogen-bond donors (Lipinski definition) is 0. The molecule has 2 aromatic rings. The van der Waals surface area contributed by atoms with Crippen LogP contribution in [0.5, 0.6) is 5.75 Å². The molecule has 0 radical (unpaired) electrons. The van der Waals surface area contributed by atoms with Gasteiger partial charge in [-0.1, -0.05) is 25.4 Å². The molecular formula is C23H28ClFN2O. The Morgan fingerprint density at radius 3 is 2.71 bits per heavy atom. The monoisotopic (exact) mass is 402 g/mol. The van der Waals surface area contributed by atoms with Crippen molar-refractivity contribution >= 4 is 29.2 Å². The van der Waals surface area contributed by atoms with Crippen molar-refractivity contribution < 1.29 is 9.13 Å². The molecule has 1 aliphatic heterocycles. The van der Waals surface area contributed by atoms with Crippen molar-refractivity contribution in [2.45, 2.75) is 52.0 Å². The number of rotatable bonds is 5. The van der Waals surface area contributed by atoms with E-state index in [9.17, 15) is 4.39 Å². The van der Waals surface area contributed by atoms with Crippen LogP contribution in [0.4, 0.5) is 15.8 Å². The van der Waals surface area contributed by atoms with Gasteiger partial charge in [-0.15, -0.1) is 0 Å². The van der Waals surface area contributed by atoms with E-state index in [0.717, 1.165) is 30.7 Å². The van der Waals surface area contributed by atoms with Gasteiger partial charge in [0.2, 0.25) is 0 Å². The van der Waals surface area contributed by atoms with Crippen LogP contribution < -0.4 is 9.64 Å². The average molecular weight is 403 g/mol. The second-order valence-corrected chi connectivity index (χ2v) is 8.49. The van der Waals surface area contributed by atoms with Crippen molar-refractivity contribution in [1.82, 2.24) is 0 Å². The minimum absolute atomic E-state index is 0.0677. The van der Waals surface area contributed by atoms with Gasteiger partial charge in [0.25, 0.3) is 0 Å². The van der Waals surface area contributed by atoms with E-state index >= 15 is 0 Å². The van der Waals surface area contributed by atoms with Gasteiger partial charge in [0.15, 0.2) is 0 Å². The zero-order valence-corrected chi connectivity index (χ0v) is 18.0. The second-order valence-electron chi connectivity index (χ2n) is 8.08. The van der Waals surface area contributed by atoms with Crippen LogP contribution in [0.2, 0.25) is 5.02 Å². The second kappa shape index (κ2) is 8.12. The molecule has 1 atom stereocenters. The minimum Gasteiger partial charge on any atom is -0.496 e. The van der Waals surface area contributed by atoms with Crippen molar-refractivity contribution in [3.63, 3.8) is 0 Å². The predicted molar refractivity (Wildman–Crippen MR) is 116 cm³/mol. The van der Waals surface area contributed by atoms with E-state index in [-0.39, 0.29) is 10.6 Å². The van der Waals surface area contributed by atoms with Crippen molar-refractivity contribution in [3.05, 3.63) is 52.3 Å². The maximum atomic E-state index is 13.4. The zero-order valence-electron chi connectivity index (χ0n) is 17.2. The molecule has 2 aromatic carbocycles. The summed E-state index contributed by atoms with van der Waals surface area (Å²) in [6, 6.07) is 8.75. The fourth-order valence-corrected chi connectivity index (χ4v) is 4.34. The quantitative estimate of drug-likeness (QED) is 0.517. The molecule has 0 spiro atoms. The summed E-state index contributed by atoms with van der Waals surface area (Å²) in [5.74, 6) is 0.776. The summed E-state index contributed by atoms with van der Waals surface area (Å²) in [4.78, 5) is 6.97. The normalized spacial score (nSPS) is 18.4. The van der Waals surface area contributed by atoms with E-state index in [2.05, 4.69) is 49.7 Å². The topological polar surface area (TPSA) is 24.8 Å². The SMILES string of the molecule is CCCN1c2cc(OC)c(C=Nc3ccc(F)c(Cl)c3)cc2C(C)CC1(C)C. The Morgan fingerprint density at radius 2 is 2.07 bits per heavy atom. The number of anilines is 1. The molecule has 0 saturated heterocycles. The fraction of sp³-hybridized carbons (Fsp3) is 0.435. The summed E-state index contributed by atoms with van der Waals surface area (Å²) in [6.07, 6.45) is 3.95. The Labute approximate surface area is 172 Å². The van der Waals surface area contributed by atoms with Crippen LogP contribution >= 0.6 is 11.6 Å². The van der Waals surface area contributed by atoms with Crippen molar-refractivity contribution in [3.8, 4) is 5.75 Å². The van der Waals surface area contributed by atoms with Gasteiger partial charge in [0.05, 0.1) is 17.8 Å². The van der Waals surface area contributed by atoms with Gasteiger partial charge in [0.1, 0.15) is 11.6 Å². The van der Waals surface area contributed by atoms with E-state index < -0.39 is 5.82 Å². The molecular weight excluding hydrogens is 375 g/mol. The highest BCUT2D eigenvalue weighted by Gasteiger charge is 2.36. The molecule has 1 heterocycles. The lowest BCUT2D eigenvalue weighted by atomic mass is 9.79. The molecule has 0 bridgehead atoms. The average Bonchev–Trinajstić information content (AvgIpc) is 2.65. The molecule has 3 rings (SSSR count). The van der Waals surface area contributed by atoms with Crippen LogP contribution in [0.25, 0.3) is 0 Å². The summed E-state index contributed by atoms with van der Waals surface area (Å²) in [5, 5.41) is 0.0677. The van der Waals surface area contributed by atoms with Gasteiger partial charge in [-0.2, -0.15) is 0 Å². The lowest BCUT2D eigenvalue weighted by Crippen LogP contribution is -2.48. The summed E-state index contributed by atoms with van der Waals surface area (Å²) < 4.78 is 19.0. The predicted octanol–water partition coefficient (Wildman–Crippen LogP) is 6.74. The Balaban J connectivity index is 2.03. The lowest BCUT2D eigenvalue weighted by molar-refractivity contribution is 0.372. The zero-order chi connectivity index (χ0) is 20.5. The third-order valence-electron chi connectivity index (χ3n) is 5.44. The first kappa shape index (κ1) is 20.7. The number of methoxy groups -OCH3 is 1. The number of halogens is 2. The molecule has 0 fully saturated rings. The maximum absolute atomic E-state index is 13.4. The standard InChI is InChI=1S/C23H28ClFN2O/c1-6-9-27-21-12-22(28-5)16(10-18(21)15(2)13-23(27,3)4)14-26-17-7-8-20(25)19(24)11-17/h7-8,10-12,14-15H,6,9,13H2,1-5H3. The van der Waals surface area contributed by atoms with Crippen molar-refractivity contribution in [2.75, 3.05) is 18.6 Å². The minimum atomic E-state index is -0.445. The van der Waals surface area contributed by atoms with Crippen LogP contribution in [-0.2, 0) is 0 Å². The van der Waals surface area contributed by atoms with Crippen LogP contribution in [0.1, 0.15) is 57.6 Å². The third kappa shape index (κ3) is 4.02. The lowest BCUT2D eigenvalue weighted by Gasteiger charge is -2.47. The molecule has 0 aromatic heterocycles. The largest absolute Gasteiger partial charge is 0.496 e.